The molecule has 3 heterocycles. The molecule has 0 aliphatic carbocycles. The zero-order chi connectivity index (χ0) is 13.8. The quantitative estimate of drug-likeness (QED) is 0.787. The van der Waals surface area contributed by atoms with Crippen LogP contribution >= 0.6 is 0 Å². The van der Waals surface area contributed by atoms with Crippen LogP contribution in [0.1, 0.15) is 11.4 Å². The van der Waals surface area contributed by atoms with Gasteiger partial charge in [0.1, 0.15) is 5.82 Å². The summed E-state index contributed by atoms with van der Waals surface area (Å²) in [6.45, 7) is 2.69. The average molecular weight is 265 g/mol. The third-order valence-electron chi connectivity index (χ3n) is 3.07. The molecular weight excluding hydrogens is 250 g/mol. The summed E-state index contributed by atoms with van der Waals surface area (Å²) >= 11 is 0. The number of anilines is 1. The predicted octanol–water partition coefficient (Wildman–Crippen LogP) is 2.58. The second kappa shape index (κ2) is 5.52. The van der Waals surface area contributed by atoms with Crippen molar-refractivity contribution in [2.75, 3.05) is 5.32 Å². The van der Waals surface area contributed by atoms with E-state index in [1.54, 1.807) is 24.8 Å². The number of nitrogens with one attached hydrogen (secondary N) is 1. The predicted molar refractivity (Wildman–Crippen MR) is 77.7 cm³/mol. The van der Waals surface area contributed by atoms with Crippen molar-refractivity contribution in [1.29, 1.82) is 0 Å². The van der Waals surface area contributed by atoms with Crippen molar-refractivity contribution in [2.24, 2.45) is 0 Å². The molecular formula is C15H15N5. The molecule has 5 heteroatoms. The van der Waals surface area contributed by atoms with Crippen LogP contribution in [0.15, 0.2) is 55.2 Å². The third kappa shape index (κ3) is 2.51. The lowest BCUT2D eigenvalue weighted by Crippen LogP contribution is -2.06. The van der Waals surface area contributed by atoms with Gasteiger partial charge in [0.2, 0.25) is 0 Å². The van der Waals surface area contributed by atoms with Crippen molar-refractivity contribution in [3.8, 4) is 5.82 Å². The van der Waals surface area contributed by atoms with Crippen LogP contribution in [0, 0.1) is 6.92 Å². The minimum atomic E-state index is 0.731. The van der Waals surface area contributed by atoms with Crippen molar-refractivity contribution in [2.45, 2.75) is 13.5 Å². The highest BCUT2D eigenvalue weighted by Crippen LogP contribution is 2.19. The highest BCUT2D eigenvalue weighted by molar-refractivity contribution is 5.57. The minimum absolute atomic E-state index is 0.731. The summed E-state index contributed by atoms with van der Waals surface area (Å²) in [5.74, 6) is 1.77. The average Bonchev–Trinajstić information content (AvgIpc) is 2.92. The standard InChI is InChI=1S/C15H15N5/c1-12-17-9-10-20(12)15-14(3-2-6-18-15)19-11-13-4-7-16-8-5-13/h2-10,19H,11H2,1H3. The summed E-state index contributed by atoms with van der Waals surface area (Å²) in [6, 6.07) is 7.92. The zero-order valence-corrected chi connectivity index (χ0v) is 11.2. The Morgan fingerprint density at radius 2 is 1.90 bits per heavy atom. The molecule has 3 rings (SSSR count). The summed E-state index contributed by atoms with van der Waals surface area (Å²) < 4.78 is 1.97. The first kappa shape index (κ1) is 12.3. The van der Waals surface area contributed by atoms with E-state index in [-0.39, 0.29) is 0 Å². The second-order valence-corrected chi connectivity index (χ2v) is 4.43. The Labute approximate surface area is 117 Å². The largest absolute Gasteiger partial charge is 0.378 e. The van der Waals surface area contributed by atoms with E-state index in [2.05, 4.69) is 20.3 Å². The van der Waals surface area contributed by atoms with E-state index in [4.69, 9.17) is 0 Å². The molecule has 0 bridgehead atoms. The molecule has 0 saturated heterocycles. The van der Waals surface area contributed by atoms with Gasteiger partial charge in [-0.25, -0.2) is 9.97 Å². The maximum Gasteiger partial charge on any atom is 0.161 e. The van der Waals surface area contributed by atoms with Gasteiger partial charge in [-0.05, 0) is 36.8 Å². The summed E-state index contributed by atoms with van der Waals surface area (Å²) in [6.07, 6.45) is 9.06. The van der Waals surface area contributed by atoms with Crippen molar-refractivity contribution >= 4 is 5.69 Å². The van der Waals surface area contributed by atoms with Crippen molar-refractivity contribution in [1.82, 2.24) is 19.5 Å². The summed E-state index contributed by atoms with van der Waals surface area (Å²) in [4.78, 5) is 12.7. The monoisotopic (exact) mass is 265 g/mol. The second-order valence-electron chi connectivity index (χ2n) is 4.43. The van der Waals surface area contributed by atoms with Crippen LogP contribution in [0.5, 0.6) is 0 Å². The normalized spacial score (nSPS) is 10.4. The van der Waals surface area contributed by atoms with Gasteiger partial charge in [-0.2, -0.15) is 0 Å². The number of nitrogens with zero attached hydrogens (tertiary/aromatic N) is 4. The van der Waals surface area contributed by atoms with Gasteiger partial charge in [-0.3, -0.25) is 9.55 Å². The Kier molecular flexibility index (Phi) is 3.41. The SMILES string of the molecule is Cc1nccn1-c1ncccc1NCc1ccncc1. The lowest BCUT2D eigenvalue weighted by molar-refractivity contribution is 0.929. The molecule has 0 aliphatic rings. The van der Waals surface area contributed by atoms with E-state index in [1.807, 2.05) is 42.0 Å². The zero-order valence-electron chi connectivity index (χ0n) is 11.2. The molecule has 0 unspecified atom stereocenters. The van der Waals surface area contributed by atoms with Crippen LogP contribution in [-0.2, 0) is 6.54 Å². The van der Waals surface area contributed by atoms with Crippen molar-refractivity contribution in [3.63, 3.8) is 0 Å². The molecule has 20 heavy (non-hydrogen) atoms. The van der Waals surface area contributed by atoms with Crippen LogP contribution in [0.4, 0.5) is 5.69 Å². The fraction of sp³-hybridized carbons (Fsp3) is 0.133. The maximum atomic E-state index is 4.44. The van der Waals surface area contributed by atoms with Gasteiger partial charge < -0.3 is 5.32 Å². The van der Waals surface area contributed by atoms with Crippen LogP contribution in [0.25, 0.3) is 5.82 Å². The van der Waals surface area contributed by atoms with Crippen molar-refractivity contribution < 1.29 is 0 Å². The molecule has 0 radical (unpaired) electrons. The van der Waals surface area contributed by atoms with E-state index >= 15 is 0 Å². The topological polar surface area (TPSA) is 55.6 Å². The number of aryl methyl sites for hydroxylation is 1. The number of imidazole rings is 1. The molecule has 0 aliphatic heterocycles. The first-order valence-electron chi connectivity index (χ1n) is 6.43. The van der Waals surface area contributed by atoms with E-state index in [1.165, 1.54) is 5.56 Å². The third-order valence-corrected chi connectivity index (χ3v) is 3.07. The van der Waals surface area contributed by atoms with Gasteiger partial charge in [0, 0.05) is 37.5 Å². The van der Waals surface area contributed by atoms with E-state index < -0.39 is 0 Å². The fourth-order valence-electron chi connectivity index (χ4n) is 2.03. The number of pyridine rings is 2. The van der Waals surface area contributed by atoms with Gasteiger partial charge in [-0.15, -0.1) is 0 Å². The van der Waals surface area contributed by atoms with Crippen molar-refractivity contribution in [3.05, 3.63) is 66.6 Å². The van der Waals surface area contributed by atoms with E-state index in [0.717, 1.165) is 23.9 Å². The molecule has 5 nitrogen and oxygen atoms in total. The molecule has 3 aromatic heterocycles. The summed E-state index contributed by atoms with van der Waals surface area (Å²) in [5.41, 5.74) is 2.16. The Hall–Kier alpha value is -2.69. The van der Waals surface area contributed by atoms with Crippen LogP contribution in [0.2, 0.25) is 0 Å². The fourth-order valence-corrected chi connectivity index (χ4v) is 2.03. The summed E-state index contributed by atoms with van der Waals surface area (Å²) in [5, 5.41) is 3.41. The van der Waals surface area contributed by atoms with Gasteiger partial charge in [0.25, 0.3) is 0 Å². The minimum Gasteiger partial charge on any atom is -0.378 e. The molecule has 0 atom stereocenters. The molecule has 1 N–H and O–H groups in total. The molecule has 0 spiro atoms. The first-order valence-corrected chi connectivity index (χ1v) is 6.43. The Morgan fingerprint density at radius 3 is 2.65 bits per heavy atom. The Bertz CT molecular complexity index is 690. The number of rotatable bonds is 4. The first-order chi connectivity index (χ1) is 9.84. The lowest BCUT2D eigenvalue weighted by atomic mass is 10.2. The molecule has 0 fully saturated rings. The lowest BCUT2D eigenvalue weighted by Gasteiger charge is -2.12. The molecule has 3 aromatic rings. The van der Waals surface area contributed by atoms with Crippen LogP contribution in [-0.4, -0.2) is 19.5 Å². The van der Waals surface area contributed by atoms with Gasteiger partial charge >= 0.3 is 0 Å². The van der Waals surface area contributed by atoms with Gasteiger partial charge in [0.15, 0.2) is 5.82 Å². The van der Waals surface area contributed by atoms with Crippen LogP contribution < -0.4 is 5.32 Å². The van der Waals surface area contributed by atoms with Gasteiger partial charge in [0.05, 0.1) is 5.69 Å². The maximum absolute atomic E-state index is 4.44. The van der Waals surface area contributed by atoms with E-state index in [0.29, 0.717) is 0 Å². The Morgan fingerprint density at radius 1 is 1.05 bits per heavy atom. The van der Waals surface area contributed by atoms with Gasteiger partial charge in [-0.1, -0.05) is 0 Å². The number of aromatic nitrogens is 4. The number of hydrogen-bond acceptors (Lipinski definition) is 4. The molecule has 100 valence electrons. The molecule has 0 aromatic carbocycles. The van der Waals surface area contributed by atoms with Crippen LogP contribution in [0.3, 0.4) is 0 Å². The summed E-state index contributed by atoms with van der Waals surface area (Å²) in [7, 11) is 0. The molecule has 0 saturated carbocycles. The highest BCUT2D eigenvalue weighted by Gasteiger charge is 2.07. The molecule has 0 amide bonds. The smallest absolute Gasteiger partial charge is 0.161 e. The number of hydrogen-bond donors (Lipinski definition) is 1. The van der Waals surface area contributed by atoms with E-state index in [9.17, 15) is 0 Å². The Balaban J connectivity index is 1.86. The highest BCUT2D eigenvalue weighted by atomic mass is 15.1.